The van der Waals surface area contributed by atoms with Crippen LogP contribution in [0.1, 0.15) is 40.4 Å². The van der Waals surface area contributed by atoms with Crippen molar-refractivity contribution in [1.82, 2.24) is 26.1 Å². The van der Waals surface area contributed by atoms with Crippen molar-refractivity contribution in [3.05, 3.63) is 77.3 Å². The molecule has 2 aromatic rings. The number of allylic oxidation sites excluding steroid dienone is 1. The highest BCUT2D eigenvalue weighted by atomic mass is 19.4. The molecule has 1 saturated heterocycles. The smallest absolute Gasteiger partial charge is 0.387 e. The highest BCUT2D eigenvalue weighted by molar-refractivity contribution is 5.94. The third-order valence-electron chi connectivity index (χ3n) is 6.25. The Bertz CT molecular complexity index is 1010. The van der Waals surface area contributed by atoms with Gasteiger partial charge in [0.05, 0.1) is 12.1 Å². The zero-order valence-corrected chi connectivity index (χ0v) is 18.7. The first-order chi connectivity index (χ1) is 16.2. The fourth-order valence-electron chi connectivity index (χ4n) is 4.43. The number of nitrogens with one attached hydrogen (secondary N) is 3. The van der Waals surface area contributed by atoms with E-state index in [9.17, 15) is 23.1 Å². The summed E-state index contributed by atoms with van der Waals surface area (Å²) in [7, 11) is 1.56. The number of amides is 1. The molecule has 1 amide bonds. The summed E-state index contributed by atoms with van der Waals surface area (Å²) in [5, 5.41) is 14.1. The van der Waals surface area contributed by atoms with Crippen LogP contribution in [-0.2, 0) is 6.42 Å². The molecule has 0 bridgehead atoms. The van der Waals surface area contributed by atoms with E-state index in [1.54, 1.807) is 31.6 Å². The number of nitrogens with zero attached hydrogens (tertiary/aromatic N) is 2. The average molecular weight is 476 g/mol. The number of carbonyl (C=O) groups excluding carboxylic acids is 1. The predicted molar refractivity (Wildman–Crippen MR) is 120 cm³/mol. The molecule has 3 heterocycles. The molecule has 0 radical (unpaired) electrons. The summed E-state index contributed by atoms with van der Waals surface area (Å²) >= 11 is 0. The zero-order chi connectivity index (χ0) is 24.3. The summed E-state index contributed by atoms with van der Waals surface area (Å²) in [6, 6.07) is 10.5. The molecule has 4 atom stereocenters. The van der Waals surface area contributed by atoms with E-state index in [0.29, 0.717) is 5.56 Å². The van der Waals surface area contributed by atoms with Crippen molar-refractivity contribution in [3.8, 4) is 0 Å². The van der Waals surface area contributed by atoms with E-state index in [-0.39, 0.29) is 24.5 Å². The molecule has 0 saturated carbocycles. The van der Waals surface area contributed by atoms with Gasteiger partial charge in [-0.1, -0.05) is 18.2 Å². The number of carbonyl (C=O) groups is 1. The predicted octanol–water partition coefficient (Wildman–Crippen LogP) is 2.47. The molecule has 1 aromatic carbocycles. The summed E-state index contributed by atoms with van der Waals surface area (Å²) in [6.45, 7) is 0.0970. The Hall–Kier alpha value is -2.95. The third kappa shape index (κ3) is 5.75. The number of aliphatic hydroxyl groups excluding tert-OH is 1. The van der Waals surface area contributed by atoms with E-state index in [1.165, 1.54) is 4.90 Å². The number of hydrazine groups is 1. The Labute approximate surface area is 196 Å². The Balaban J connectivity index is 1.28. The molecule has 0 aliphatic carbocycles. The lowest BCUT2D eigenvalue weighted by Gasteiger charge is -2.21. The first-order valence-corrected chi connectivity index (χ1v) is 11.2. The maximum Gasteiger partial charge on any atom is 0.431 e. The fraction of sp³-hybridized carbons (Fsp3) is 0.417. The van der Waals surface area contributed by atoms with Crippen molar-refractivity contribution in [3.63, 3.8) is 0 Å². The van der Waals surface area contributed by atoms with Crippen molar-refractivity contribution < 1.29 is 23.1 Å². The van der Waals surface area contributed by atoms with Crippen LogP contribution in [-0.4, -0.2) is 58.8 Å². The number of likely N-dealkylation sites (N-methyl/N-ethyl adjacent to an activating group) is 1. The molecule has 1 aromatic heterocycles. The molecule has 4 rings (SSSR count). The number of alkyl halides is 3. The second-order valence-electron chi connectivity index (χ2n) is 8.82. The van der Waals surface area contributed by atoms with Gasteiger partial charge in [0.1, 0.15) is 5.70 Å². The van der Waals surface area contributed by atoms with Gasteiger partial charge in [0, 0.05) is 49.2 Å². The van der Waals surface area contributed by atoms with E-state index >= 15 is 0 Å². The van der Waals surface area contributed by atoms with Crippen molar-refractivity contribution in [2.75, 3.05) is 13.6 Å². The normalized spacial score (nSPS) is 23.3. The lowest BCUT2D eigenvalue weighted by molar-refractivity contribution is -0.0965. The largest absolute Gasteiger partial charge is 0.431 e. The lowest BCUT2D eigenvalue weighted by atomic mass is 10.0. The first kappa shape index (κ1) is 24.2. The van der Waals surface area contributed by atoms with E-state index < -0.39 is 24.0 Å². The van der Waals surface area contributed by atoms with Gasteiger partial charge in [0.25, 0.3) is 5.91 Å². The van der Waals surface area contributed by atoms with Crippen molar-refractivity contribution >= 4 is 5.91 Å². The van der Waals surface area contributed by atoms with E-state index in [2.05, 4.69) is 21.2 Å². The molecular weight excluding hydrogens is 447 g/mol. The molecule has 182 valence electrons. The standard InChI is InChI=1S/C24H28F3N5O2/c1-32(14-19-12-21(31-30-19)24(25,26)27)23(34)16-6-4-15(5-7-16)11-18-8-9-20(29-18)22(33)17-3-2-10-28-13-17/h2-7,10,12-13,18-20,22,29-31,33H,8-9,11,14H2,1H3/t18-,19?,20+,22+/m0/s1. The fourth-order valence-corrected chi connectivity index (χ4v) is 4.43. The molecule has 2 aliphatic rings. The Morgan fingerprint density at radius 1 is 1.24 bits per heavy atom. The Morgan fingerprint density at radius 2 is 2.00 bits per heavy atom. The quantitative estimate of drug-likeness (QED) is 0.492. The van der Waals surface area contributed by atoms with Crippen LogP contribution in [0.2, 0.25) is 0 Å². The van der Waals surface area contributed by atoms with Crippen LogP contribution in [0.25, 0.3) is 0 Å². The second kappa shape index (κ2) is 10.1. The maximum atomic E-state index is 12.7. The van der Waals surface area contributed by atoms with E-state index in [1.807, 2.05) is 24.3 Å². The van der Waals surface area contributed by atoms with Gasteiger partial charge in [-0.15, -0.1) is 0 Å². The van der Waals surface area contributed by atoms with Gasteiger partial charge < -0.3 is 20.7 Å². The van der Waals surface area contributed by atoms with Crippen LogP contribution in [0.4, 0.5) is 13.2 Å². The van der Waals surface area contributed by atoms with E-state index in [4.69, 9.17) is 0 Å². The zero-order valence-electron chi connectivity index (χ0n) is 18.7. The number of hydrogen-bond donors (Lipinski definition) is 4. The summed E-state index contributed by atoms with van der Waals surface area (Å²) < 4.78 is 38.2. The minimum atomic E-state index is -4.45. The number of aromatic nitrogens is 1. The Morgan fingerprint density at radius 3 is 2.65 bits per heavy atom. The van der Waals surface area contributed by atoms with Crippen LogP contribution in [0.3, 0.4) is 0 Å². The maximum absolute atomic E-state index is 12.7. The summed E-state index contributed by atoms with van der Waals surface area (Å²) in [5.74, 6) is -0.263. The SMILES string of the molecule is CN(CC1C=C(C(F)(F)F)NN1)C(=O)c1ccc(C[C@@H]2CC[C@H]([C@H](O)c3cccnc3)N2)cc1. The summed E-state index contributed by atoms with van der Waals surface area (Å²) in [4.78, 5) is 18.2. The molecule has 1 fully saturated rings. The average Bonchev–Trinajstić information content (AvgIpc) is 3.49. The number of pyridine rings is 1. The van der Waals surface area contributed by atoms with Gasteiger partial charge in [0.2, 0.25) is 0 Å². The van der Waals surface area contributed by atoms with Gasteiger partial charge >= 0.3 is 6.18 Å². The van der Waals surface area contributed by atoms with Gasteiger partial charge in [0.15, 0.2) is 0 Å². The van der Waals surface area contributed by atoms with Crippen molar-refractivity contribution in [2.24, 2.45) is 0 Å². The number of hydrogen-bond acceptors (Lipinski definition) is 6. The van der Waals surface area contributed by atoms with E-state index in [0.717, 1.165) is 36.5 Å². The van der Waals surface area contributed by atoms with Gasteiger partial charge in [-0.05, 0) is 49.1 Å². The number of benzene rings is 1. The molecular formula is C24H28F3N5O2. The summed E-state index contributed by atoms with van der Waals surface area (Å²) in [6.07, 6.45) is 1.89. The highest BCUT2D eigenvalue weighted by Gasteiger charge is 2.37. The molecule has 7 nitrogen and oxygen atoms in total. The monoisotopic (exact) mass is 475 g/mol. The molecule has 34 heavy (non-hydrogen) atoms. The molecule has 0 spiro atoms. The van der Waals surface area contributed by atoms with Crippen LogP contribution >= 0.6 is 0 Å². The molecule has 1 unspecified atom stereocenters. The van der Waals surface area contributed by atoms with Crippen LogP contribution in [0.5, 0.6) is 0 Å². The molecule has 2 aliphatic heterocycles. The molecule has 10 heteroatoms. The Kier molecular flexibility index (Phi) is 7.20. The minimum absolute atomic E-state index is 0.0331. The lowest BCUT2D eigenvalue weighted by Crippen LogP contribution is -2.42. The first-order valence-electron chi connectivity index (χ1n) is 11.2. The van der Waals surface area contributed by atoms with Crippen LogP contribution in [0.15, 0.2) is 60.6 Å². The van der Waals surface area contributed by atoms with Crippen LogP contribution in [0, 0.1) is 0 Å². The van der Waals surface area contributed by atoms with Gasteiger partial charge in [-0.2, -0.15) is 13.2 Å². The number of halogens is 3. The summed E-state index contributed by atoms with van der Waals surface area (Å²) in [5.41, 5.74) is 6.13. The highest BCUT2D eigenvalue weighted by Crippen LogP contribution is 2.27. The topological polar surface area (TPSA) is 89.5 Å². The third-order valence-corrected chi connectivity index (χ3v) is 6.25. The van der Waals surface area contributed by atoms with Crippen molar-refractivity contribution in [1.29, 1.82) is 0 Å². The number of aliphatic hydroxyl groups is 1. The van der Waals surface area contributed by atoms with Gasteiger partial charge in [-0.3, -0.25) is 9.78 Å². The number of rotatable bonds is 7. The van der Waals surface area contributed by atoms with Crippen LogP contribution < -0.4 is 16.2 Å². The van der Waals surface area contributed by atoms with Gasteiger partial charge in [-0.25, -0.2) is 5.43 Å². The second-order valence-corrected chi connectivity index (χ2v) is 8.82. The van der Waals surface area contributed by atoms with Crippen molar-refractivity contribution in [2.45, 2.75) is 49.7 Å². The minimum Gasteiger partial charge on any atom is -0.387 e. The molecule has 4 N–H and O–H groups in total.